The Hall–Kier alpha value is -3.49. The molecular formula is C27H31N5O2S. The second-order valence-electron chi connectivity index (χ2n) is 9.05. The Kier molecular flexibility index (Phi) is 6.40. The highest BCUT2D eigenvalue weighted by Gasteiger charge is 2.25. The molecule has 0 amide bonds. The fourth-order valence-corrected chi connectivity index (χ4v) is 6.16. The van der Waals surface area contributed by atoms with Gasteiger partial charge in [-0.15, -0.1) is 0 Å². The van der Waals surface area contributed by atoms with Gasteiger partial charge in [0.25, 0.3) is 0 Å². The minimum absolute atomic E-state index is 0.345. The van der Waals surface area contributed by atoms with Crippen molar-refractivity contribution < 1.29 is 8.42 Å². The molecule has 0 bridgehead atoms. The summed E-state index contributed by atoms with van der Waals surface area (Å²) in [6.45, 7) is 3.86. The van der Waals surface area contributed by atoms with Gasteiger partial charge in [-0.2, -0.15) is 4.31 Å². The SMILES string of the molecule is Cc1c(NC2=C(N)CNC=C2/C=C/c2ccc(S(=O)(=O)N3CCCCC3)cc2)ccc2[nH]ccc12. The standard InChI is InChI=1S/C27H31N5O2S/c1-19-23-13-14-30-26(23)12-11-25(19)31-27-21(17-29-18-24(27)28)8-5-20-6-9-22(10-7-20)35(33,34)32-15-3-2-4-16-32/h5-14,17,29-31H,2-4,15-16,18,28H2,1H3/b8-5+. The van der Waals surface area contributed by atoms with Gasteiger partial charge in [0.1, 0.15) is 0 Å². The minimum atomic E-state index is -3.43. The van der Waals surface area contributed by atoms with Gasteiger partial charge in [0.2, 0.25) is 10.0 Å². The minimum Gasteiger partial charge on any atom is -0.399 e. The van der Waals surface area contributed by atoms with Gasteiger partial charge in [-0.25, -0.2) is 8.42 Å². The maximum atomic E-state index is 12.9. The van der Waals surface area contributed by atoms with E-state index in [9.17, 15) is 8.42 Å². The fraction of sp³-hybridized carbons (Fsp3) is 0.259. The number of hydrogen-bond acceptors (Lipinski definition) is 5. The molecule has 1 saturated heterocycles. The number of aromatic nitrogens is 1. The van der Waals surface area contributed by atoms with Gasteiger partial charge >= 0.3 is 0 Å². The van der Waals surface area contributed by atoms with Crippen molar-refractivity contribution in [3.05, 3.63) is 89.0 Å². The molecule has 2 aliphatic rings. The number of allylic oxidation sites excluding steroid dienone is 1. The lowest BCUT2D eigenvalue weighted by Gasteiger charge is -2.25. The molecule has 0 aliphatic carbocycles. The quantitative estimate of drug-likeness (QED) is 0.410. The van der Waals surface area contributed by atoms with Gasteiger partial charge in [0, 0.05) is 47.6 Å². The number of benzene rings is 2. The first-order valence-electron chi connectivity index (χ1n) is 12.0. The van der Waals surface area contributed by atoms with E-state index in [1.807, 2.05) is 36.7 Å². The summed E-state index contributed by atoms with van der Waals surface area (Å²) in [5, 5.41) is 7.92. The number of nitrogens with zero attached hydrogens (tertiary/aromatic N) is 1. The van der Waals surface area contributed by atoms with Crippen molar-refractivity contribution >= 4 is 32.7 Å². The van der Waals surface area contributed by atoms with E-state index >= 15 is 0 Å². The summed E-state index contributed by atoms with van der Waals surface area (Å²) in [6, 6.07) is 13.2. The molecule has 2 aliphatic heterocycles. The second-order valence-corrected chi connectivity index (χ2v) is 11.0. The number of aromatic amines is 1. The number of dihydropyridines is 1. The van der Waals surface area contributed by atoms with E-state index in [1.165, 1.54) is 5.39 Å². The third kappa shape index (κ3) is 4.72. The first-order chi connectivity index (χ1) is 16.9. The van der Waals surface area contributed by atoms with E-state index in [1.54, 1.807) is 16.4 Å². The van der Waals surface area contributed by atoms with E-state index in [0.717, 1.165) is 58.6 Å². The summed E-state index contributed by atoms with van der Waals surface area (Å²) >= 11 is 0. The molecule has 35 heavy (non-hydrogen) atoms. The normalized spacial score (nSPS) is 17.6. The molecular weight excluding hydrogens is 458 g/mol. The third-order valence-corrected chi connectivity index (χ3v) is 8.62. The van der Waals surface area contributed by atoms with Crippen molar-refractivity contribution in [1.82, 2.24) is 14.6 Å². The first kappa shape index (κ1) is 23.3. The average Bonchev–Trinajstić information content (AvgIpc) is 3.36. The molecule has 2 aromatic carbocycles. The van der Waals surface area contributed by atoms with Gasteiger partial charge in [-0.1, -0.05) is 30.7 Å². The van der Waals surface area contributed by atoms with Gasteiger partial charge < -0.3 is 21.4 Å². The van der Waals surface area contributed by atoms with Crippen molar-refractivity contribution in [2.45, 2.75) is 31.1 Å². The number of nitrogens with one attached hydrogen (secondary N) is 3. The molecule has 3 aromatic rings. The zero-order valence-electron chi connectivity index (χ0n) is 19.8. The Bertz CT molecular complexity index is 1430. The zero-order valence-corrected chi connectivity index (χ0v) is 20.7. The third-order valence-electron chi connectivity index (χ3n) is 6.71. The summed E-state index contributed by atoms with van der Waals surface area (Å²) < 4.78 is 27.4. The molecule has 7 nitrogen and oxygen atoms in total. The van der Waals surface area contributed by atoms with E-state index in [4.69, 9.17) is 5.73 Å². The molecule has 5 N–H and O–H groups in total. The largest absolute Gasteiger partial charge is 0.399 e. The Morgan fingerprint density at radius 1 is 1.00 bits per heavy atom. The van der Waals surface area contributed by atoms with Crippen LogP contribution < -0.4 is 16.4 Å². The Labute approximate surface area is 206 Å². The number of aryl methyl sites for hydroxylation is 1. The van der Waals surface area contributed by atoms with Crippen molar-refractivity contribution in [1.29, 1.82) is 0 Å². The van der Waals surface area contributed by atoms with E-state index in [2.05, 4.69) is 40.7 Å². The monoisotopic (exact) mass is 489 g/mol. The van der Waals surface area contributed by atoms with E-state index < -0.39 is 10.0 Å². The van der Waals surface area contributed by atoms with Crippen molar-refractivity contribution in [3.63, 3.8) is 0 Å². The van der Waals surface area contributed by atoms with Crippen molar-refractivity contribution in [2.24, 2.45) is 5.73 Å². The molecule has 0 radical (unpaired) electrons. The summed E-state index contributed by atoms with van der Waals surface area (Å²) in [5.41, 5.74) is 13.0. The highest BCUT2D eigenvalue weighted by atomic mass is 32.2. The molecule has 0 unspecified atom stereocenters. The maximum absolute atomic E-state index is 12.9. The first-order valence-corrected chi connectivity index (χ1v) is 13.4. The van der Waals surface area contributed by atoms with Crippen LogP contribution in [-0.4, -0.2) is 37.3 Å². The molecule has 8 heteroatoms. The van der Waals surface area contributed by atoms with Crippen LogP contribution in [0, 0.1) is 6.92 Å². The highest BCUT2D eigenvalue weighted by molar-refractivity contribution is 7.89. The summed E-state index contributed by atoms with van der Waals surface area (Å²) in [7, 11) is -3.43. The molecule has 1 fully saturated rings. The highest BCUT2D eigenvalue weighted by Crippen LogP contribution is 2.29. The lowest BCUT2D eigenvalue weighted by molar-refractivity contribution is 0.346. The van der Waals surface area contributed by atoms with Gasteiger partial charge in [-0.3, -0.25) is 0 Å². The second kappa shape index (κ2) is 9.64. The lowest BCUT2D eigenvalue weighted by atomic mass is 10.0. The Morgan fingerprint density at radius 3 is 2.54 bits per heavy atom. The Balaban J connectivity index is 1.34. The van der Waals surface area contributed by atoms with Crippen LogP contribution >= 0.6 is 0 Å². The summed E-state index contributed by atoms with van der Waals surface area (Å²) in [6.07, 6.45) is 10.8. The molecule has 0 saturated carbocycles. The van der Waals surface area contributed by atoms with Crippen LogP contribution in [0.15, 0.2) is 82.8 Å². The van der Waals surface area contributed by atoms with Gasteiger partial charge in [0.15, 0.2) is 0 Å². The molecule has 1 aromatic heterocycles. The van der Waals surface area contributed by atoms with Crippen LogP contribution in [0.4, 0.5) is 5.69 Å². The smallest absolute Gasteiger partial charge is 0.243 e. The number of rotatable bonds is 6. The van der Waals surface area contributed by atoms with Crippen LogP contribution in [0.2, 0.25) is 0 Å². The number of H-pyrrole nitrogens is 1. The molecule has 0 spiro atoms. The van der Waals surface area contributed by atoms with Crippen LogP contribution in [0.25, 0.3) is 17.0 Å². The number of sulfonamides is 1. The van der Waals surface area contributed by atoms with Gasteiger partial charge in [-0.05, 0) is 61.2 Å². The molecule has 5 rings (SSSR count). The predicted molar refractivity (Wildman–Crippen MR) is 142 cm³/mol. The number of piperidine rings is 1. The van der Waals surface area contributed by atoms with Crippen LogP contribution in [0.1, 0.15) is 30.4 Å². The number of nitrogens with two attached hydrogens (primary N) is 1. The fourth-order valence-electron chi connectivity index (χ4n) is 4.65. The van der Waals surface area contributed by atoms with Crippen LogP contribution in [0.5, 0.6) is 0 Å². The summed E-state index contributed by atoms with van der Waals surface area (Å²) in [4.78, 5) is 3.59. The van der Waals surface area contributed by atoms with Crippen LogP contribution in [-0.2, 0) is 10.0 Å². The summed E-state index contributed by atoms with van der Waals surface area (Å²) in [5.74, 6) is 0. The lowest BCUT2D eigenvalue weighted by Crippen LogP contribution is -2.35. The number of hydrogen-bond donors (Lipinski definition) is 4. The maximum Gasteiger partial charge on any atom is 0.243 e. The average molecular weight is 490 g/mol. The van der Waals surface area contributed by atoms with Gasteiger partial charge in [0.05, 0.1) is 22.8 Å². The zero-order chi connectivity index (χ0) is 24.4. The molecule has 0 atom stereocenters. The molecule has 3 heterocycles. The Morgan fingerprint density at radius 2 is 1.77 bits per heavy atom. The predicted octanol–water partition coefficient (Wildman–Crippen LogP) is 4.43. The number of anilines is 1. The van der Waals surface area contributed by atoms with Crippen molar-refractivity contribution in [3.8, 4) is 0 Å². The van der Waals surface area contributed by atoms with E-state index in [0.29, 0.717) is 24.5 Å². The number of fused-ring (bicyclic) bond motifs is 1. The van der Waals surface area contributed by atoms with Crippen molar-refractivity contribution in [2.75, 3.05) is 25.0 Å². The topological polar surface area (TPSA) is 103 Å². The van der Waals surface area contributed by atoms with E-state index in [-0.39, 0.29) is 0 Å². The van der Waals surface area contributed by atoms with Crippen LogP contribution in [0.3, 0.4) is 0 Å². The molecule has 182 valence electrons.